The molecule has 0 aliphatic carbocycles. The fourth-order valence-electron chi connectivity index (χ4n) is 3.51. The summed E-state index contributed by atoms with van der Waals surface area (Å²) in [5.74, 6) is -0.480. The third-order valence-electron chi connectivity index (χ3n) is 5.27. The number of aromatic nitrogens is 3. The van der Waals surface area contributed by atoms with Gasteiger partial charge in [0, 0.05) is 24.7 Å². The van der Waals surface area contributed by atoms with Crippen molar-refractivity contribution in [2.75, 3.05) is 26.3 Å². The van der Waals surface area contributed by atoms with Crippen molar-refractivity contribution in [3.05, 3.63) is 54.1 Å². The lowest BCUT2D eigenvalue weighted by atomic mass is 10.1. The summed E-state index contributed by atoms with van der Waals surface area (Å²) >= 11 is 0. The van der Waals surface area contributed by atoms with Crippen LogP contribution in [-0.4, -0.2) is 58.0 Å². The van der Waals surface area contributed by atoms with Crippen LogP contribution in [0.2, 0.25) is 0 Å². The molecule has 0 spiro atoms. The second-order valence-corrected chi connectivity index (χ2v) is 7.51. The summed E-state index contributed by atoms with van der Waals surface area (Å²) < 4.78 is 32.7. The van der Waals surface area contributed by atoms with Crippen molar-refractivity contribution < 1.29 is 28.2 Å². The van der Waals surface area contributed by atoms with E-state index in [4.69, 9.17) is 19.9 Å². The Morgan fingerprint density at radius 1 is 1.24 bits per heavy atom. The van der Waals surface area contributed by atoms with Gasteiger partial charge in [0.05, 0.1) is 18.7 Å². The van der Waals surface area contributed by atoms with Crippen LogP contribution in [0.4, 0.5) is 9.18 Å². The highest BCUT2D eigenvalue weighted by Crippen LogP contribution is 2.32. The predicted octanol–water partition coefficient (Wildman–Crippen LogP) is 3.22. The molecule has 2 amide bonds. The fourth-order valence-corrected chi connectivity index (χ4v) is 3.51. The smallest absolute Gasteiger partial charge is 0.409 e. The van der Waals surface area contributed by atoms with Crippen LogP contribution in [0.15, 0.2) is 42.7 Å². The summed E-state index contributed by atoms with van der Waals surface area (Å²) in [6.45, 7) is 4.35. The van der Waals surface area contributed by atoms with Crippen LogP contribution in [0.5, 0.6) is 17.2 Å². The molecule has 0 unspecified atom stereocenters. The molecule has 1 aromatic heterocycles. The molecule has 3 aromatic rings. The van der Waals surface area contributed by atoms with Crippen molar-refractivity contribution in [2.24, 2.45) is 5.73 Å². The van der Waals surface area contributed by atoms with Crippen LogP contribution in [-0.2, 0) is 11.3 Å². The number of aryl methyl sites for hydroxylation is 1. The highest BCUT2D eigenvalue weighted by molar-refractivity contribution is 5.96. The molecule has 0 atom stereocenters. The number of benzene rings is 2. The molecule has 0 saturated carbocycles. The van der Waals surface area contributed by atoms with Crippen LogP contribution in [0.3, 0.4) is 0 Å². The fraction of sp³-hybridized carbons (Fsp3) is 0.304. The number of primary amides is 1. The lowest BCUT2D eigenvalue weighted by Gasteiger charge is -2.14. The third-order valence-corrected chi connectivity index (χ3v) is 5.27. The van der Waals surface area contributed by atoms with Gasteiger partial charge in [-0.05, 0) is 37.6 Å². The highest BCUT2D eigenvalue weighted by Gasteiger charge is 2.21. The molecule has 34 heavy (non-hydrogen) atoms. The van der Waals surface area contributed by atoms with Crippen molar-refractivity contribution in [1.29, 1.82) is 0 Å². The quantitative estimate of drug-likeness (QED) is 0.453. The number of hydrogen-bond donors (Lipinski definition) is 1. The summed E-state index contributed by atoms with van der Waals surface area (Å²) in [4.78, 5) is 24.9. The minimum absolute atomic E-state index is 0.0937. The van der Waals surface area contributed by atoms with E-state index >= 15 is 0 Å². The van der Waals surface area contributed by atoms with Crippen LogP contribution < -0.4 is 15.2 Å². The second kappa shape index (κ2) is 10.2. The average molecular weight is 469 g/mol. The van der Waals surface area contributed by atoms with E-state index in [1.807, 2.05) is 11.5 Å². The van der Waals surface area contributed by atoms with Crippen LogP contribution in [0, 0.1) is 5.82 Å². The molecule has 11 heteroatoms. The van der Waals surface area contributed by atoms with Crippen LogP contribution in [0.25, 0.3) is 11.4 Å². The number of rotatable bonds is 10. The molecule has 0 bridgehead atoms. The van der Waals surface area contributed by atoms with Gasteiger partial charge in [-0.15, -0.1) is 10.2 Å². The molecule has 2 heterocycles. The Hall–Kier alpha value is -4.15. The number of hydrogen-bond acceptors (Lipinski definition) is 7. The summed E-state index contributed by atoms with van der Waals surface area (Å²) in [5, 5.41) is 8.00. The first-order chi connectivity index (χ1) is 16.5. The Morgan fingerprint density at radius 2 is 2.09 bits per heavy atom. The van der Waals surface area contributed by atoms with Gasteiger partial charge in [0.1, 0.15) is 24.4 Å². The van der Waals surface area contributed by atoms with Crippen molar-refractivity contribution in [2.45, 2.75) is 19.9 Å². The molecule has 4 rings (SSSR count). The number of carbonyl (C=O) groups excluding carboxylic acids is 2. The SMILES string of the molecule is CCn1cnnc1-c1ccc(C(N)=O)c(Oc2ccc(OCCCN3CCOC3=O)cc2F)c1. The number of ether oxygens (including phenoxy) is 3. The number of carbonyl (C=O) groups is 2. The third kappa shape index (κ3) is 5.08. The molecule has 2 N–H and O–H groups in total. The molecule has 1 aliphatic heterocycles. The molecule has 178 valence electrons. The van der Waals surface area contributed by atoms with Gasteiger partial charge in [-0.2, -0.15) is 0 Å². The van der Waals surface area contributed by atoms with Crippen molar-refractivity contribution >= 4 is 12.0 Å². The molecule has 1 saturated heterocycles. The zero-order valence-corrected chi connectivity index (χ0v) is 18.6. The van der Waals surface area contributed by atoms with Crippen LogP contribution in [0.1, 0.15) is 23.7 Å². The van der Waals surface area contributed by atoms with E-state index in [0.29, 0.717) is 56.4 Å². The van der Waals surface area contributed by atoms with E-state index < -0.39 is 11.7 Å². The van der Waals surface area contributed by atoms with E-state index in [-0.39, 0.29) is 23.2 Å². The first-order valence-electron chi connectivity index (χ1n) is 10.8. The monoisotopic (exact) mass is 469 g/mol. The number of nitrogens with zero attached hydrogens (tertiary/aromatic N) is 4. The van der Waals surface area contributed by atoms with Gasteiger partial charge in [-0.3, -0.25) is 4.79 Å². The lowest BCUT2D eigenvalue weighted by Crippen LogP contribution is -2.26. The molecule has 2 aromatic carbocycles. The van der Waals surface area contributed by atoms with Gasteiger partial charge in [-0.25, -0.2) is 9.18 Å². The molecular formula is C23H24FN5O5. The van der Waals surface area contributed by atoms with Crippen molar-refractivity contribution in [3.8, 4) is 28.6 Å². The normalized spacial score (nSPS) is 13.1. The number of cyclic esters (lactones) is 1. The first kappa shape index (κ1) is 23.0. The van der Waals surface area contributed by atoms with Crippen molar-refractivity contribution in [3.63, 3.8) is 0 Å². The minimum atomic E-state index is -0.708. The minimum Gasteiger partial charge on any atom is -0.493 e. The topological polar surface area (TPSA) is 122 Å². The standard InChI is InChI=1S/C23H24FN5O5/c1-2-28-14-26-27-22(28)15-4-6-17(21(25)30)20(12-15)34-19-7-5-16(13-18(19)24)32-10-3-8-29-9-11-33-23(29)31/h4-7,12-14H,2-3,8-11H2,1H3,(H2,25,30). The van der Waals surface area contributed by atoms with Gasteiger partial charge in [0.2, 0.25) is 0 Å². The summed E-state index contributed by atoms with van der Waals surface area (Å²) in [5.41, 5.74) is 6.22. The zero-order chi connectivity index (χ0) is 24.1. The van der Waals surface area contributed by atoms with E-state index in [2.05, 4.69) is 10.2 Å². The average Bonchev–Trinajstić information content (AvgIpc) is 3.47. The van der Waals surface area contributed by atoms with E-state index in [1.54, 1.807) is 29.4 Å². The number of nitrogens with two attached hydrogens (primary N) is 1. The van der Waals surface area contributed by atoms with Crippen molar-refractivity contribution in [1.82, 2.24) is 19.7 Å². The number of halogens is 1. The Morgan fingerprint density at radius 3 is 2.79 bits per heavy atom. The largest absolute Gasteiger partial charge is 0.493 e. The highest BCUT2D eigenvalue weighted by atomic mass is 19.1. The summed E-state index contributed by atoms with van der Waals surface area (Å²) in [6.07, 6.45) is 1.83. The predicted molar refractivity (Wildman–Crippen MR) is 119 cm³/mol. The Balaban J connectivity index is 1.45. The lowest BCUT2D eigenvalue weighted by molar-refractivity contribution is 0.0998. The molecule has 10 nitrogen and oxygen atoms in total. The maximum atomic E-state index is 14.8. The van der Waals surface area contributed by atoms with Gasteiger partial charge in [0.15, 0.2) is 17.4 Å². The molecule has 1 aliphatic rings. The summed E-state index contributed by atoms with van der Waals surface area (Å²) in [6, 6.07) is 8.93. The van der Waals surface area contributed by atoms with E-state index in [1.165, 1.54) is 18.2 Å². The zero-order valence-electron chi connectivity index (χ0n) is 18.6. The van der Waals surface area contributed by atoms with Gasteiger partial charge >= 0.3 is 6.09 Å². The second-order valence-electron chi connectivity index (χ2n) is 7.51. The molecular weight excluding hydrogens is 445 g/mol. The van der Waals surface area contributed by atoms with Crippen LogP contribution >= 0.6 is 0 Å². The van der Waals surface area contributed by atoms with Gasteiger partial charge < -0.3 is 29.4 Å². The molecule has 1 fully saturated rings. The Labute approximate surface area is 195 Å². The maximum Gasteiger partial charge on any atom is 0.409 e. The first-order valence-corrected chi connectivity index (χ1v) is 10.8. The van der Waals surface area contributed by atoms with E-state index in [9.17, 15) is 14.0 Å². The van der Waals surface area contributed by atoms with E-state index in [0.717, 1.165) is 0 Å². The molecule has 0 radical (unpaired) electrons. The summed E-state index contributed by atoms with van der Waals surface area (Å²) in [7, 11) is 0. The van der Waals surface area contributed by atoms with Gasteiger partial charge in [0.25, 0.3) is 5.91 Å². The Kier molecular flexibility index (Phi) is 6.90. The Bertz CT molecular complexity index is 1200. The maximum absolute atomic E-state index is 14.8. The number of amides is 2. The van der Waals surface area contributed by atoms with Gasteiger partial charge in [-0.1, -0.05) is 6.07 Å².